The zero-order valence-electron chi connectivity index (χ0n) is 14.3. The van der Waals surface area contributed by atoms with Crippen molar-refractivity contribution in [1.82, 2.24) is 19.7 Å². The van der Waals surface area contributed by atoms with E-state index < -0.39 is 0 Å². The van der Waals surface area contributed by atoms with E-state index in [4.69, 9.17) is 5.26 Å². The third-order valence-electron chi connectivity index (χ3n) is 4.58. The standard InChI is InChI=1S/C19H18N6/c1-13-7-15(9-20)10-22-19(13)24-6-4-18-16(12-24)8-17(11-21-18)25-14(2)3-5-23-25/h3,5,7-8,10-11H,4,6,12H2,1-2H3. The zero-order valence-corrected chi connectivity index (χ0v) is 14.3. The van der Waals surface area contributed by atoms with Crippen LogP contribution in [0.25, 0.3) is 5.69 Å². The Balaban J connectivity index is 1.67. The highest BCUT2D eigenvalue weighted by Crippen LogP contribution is 2.26. The summed E-state index contributed by atoms with van der Waals surface area (Å²) >= 11 is 0. The summed E-state index contributed by atoms with van der Waals surface area (Å²) in [5.74, 6) is 0.935. The molecule has 0 saturated carbocycles. The topological polar surface area (TPSA) is 70.6 Å². The number of anilines is 1. The average Bonchev–Trinajstić information content (AvgIpc) is 3.06. The van der Waals surface area contributed by atoms with E-state index in [0.29, 0.717) is 5.56 Å². The molecule has 25 heavy (non-hydrogen) atoms. The number of aryl methyl sites for hydroxylation is 2. The molecule has 0 fully saturated rings. The van der Waals surface area contributed by atoms with Crippen LogP contribution in [0, 0.1) is 25.2 Å². The summed E-state index contributed by atoms with van der Waals surface area (Å²) in [6.45, 7) is 5.67. The van der Waals surface area contributed by atoms with Crippen LogP contribution in [-0.4, -0.2) is 26.3 Å². The second-order valence-corrected chi connectivity index (χ2v) is 6.33. The van der Waals surface area contributed by atoms with Gasteiger partial charge in [0.25, 0.3) is 0 Å². The van der Waals surface area contributed by atoms with Gasteiger partial charge in [-0.25, -0.2) is 9.67 Å². The molecule has 6 nitrogen and oxygen atoms in total. The van der Waals surface area contributed by atoms with Gasteiger partial charge >= 0.3 is 0 Å². The van der Waals surface area contributed by atoms with Crippen LogP contribution >= 0.6 is 0 Å². The van der Waals surface area contributed by atoms with Crippen molar-refractivity contribution in [1.29, 1.82) is 5.26 Å². The van der Waals surface area contributed by atoms with E-state index in [2.05, 4.69) is 32.1 Å². The van der Waals surface area contributed by atoms with Gasteiger partial charge in [0.05, 0.1) is 17.4 Å². The van der Waals surface area contributed by atoms with E-state index in [1.54, 1.807) is 12.4 Å². The van der Waals surface area contributed by atoms with E-state index in [1.165, 1.54) is 5.56 Å². The minimum atomic E-state index is 0.594. The molecule has 0 aliphatic carbocycles. The highest BCUT2D eigenvalue weighted by molar-refractivity contribution is 5.52. The van der Waals surface area contributed by atoms with Gasteiger partial charge in [-0.05, 0) is 43.2 Å². The number of nitrogens with zero attached hydrogens (tertiary/aromatic N) is 6. The third kappa shape index (κ3) is 2.74. The first-order chi connectivity index (χ1) is 12.2. The molecular formula is C19H18N6. The van der Waals surface area contributed by atoms with Crippen molar-refractivity contribution in [3.05, 3.63) is 64.9 Å². The van der Waals surface area contributed by atoms with Gasteiger partial charge in [0.1, 0.15) is 11.9 Å². The maximum absolute atomic E-state index is 9.02. The van der Waals surface area contributed by atoms with Crippen LogP contribution in [0.2, 0.25) is 0 Å². The van der Waals surface area contributed by atoms with E-state index >= 15 is 0 Å². The monoisotopic (exact) mass is 330 g/mol. The van der Waals surface area contributed by atoms with E-state index in [1.807, 2.05) is 36.9 Å². The normalized spacial score (nSPS) is 13.4. The second-order valence-electron chi connectivity index (χ2n) is 6.33. The molecule has 0 bridgehead atoms. The Labute approximate surface area is 146 Å². The van der Waals surface area contributed by atoms with Crippen LogP contribution in [-0.2, 0) is 13.0 Å². The summed E-state index contributed by atoms with van der Waals surface area (Å²) in [5.41, 5.74) is 6.01. The fourth-order valence-electron chi connectivity index (χ4n) is 3.31. The van der Waals surface area contributed by atoms with Crippen molar-refractivity contribution in [2.75, 3.05) is 11.4 Å². The van der Waals surface area contributed by atoms with Crippen LogP contribution in [0.5, 0.6) is 0 Å². The first kappa shape index (κ1) is 15.3. The molecule has 0 unspecified atom stereocenters. The first-order valence-electron chi connectivity index (χ1n) is 8.26. The SMILES string of the molecule is Cc1cc(C#N)cnc1N1CCc2ncc(-n3nccc3C)cc2C1. The van der Waals surface area contributed by atoms with Gasteiger partial charge < -0.3 is 4.90 Å². The third-order valence-corrected chi connectivity index (χ3v) is 4.58. The van der Waals surface area contributed by atoms with E-state index in [-0.39, 0.29) is 0 Å². The minimum absolute atomic E-state index is 0.594. The van der Waals surface area contributed by atoms with Gasteiger partial charge in [0.2, 0.25) is 0 Å². The highest BCUT2D eigenvalue weighted by atomic mass is 15.3. The highest BCUT2D eigenvalue weighted by Gasteiger charge is 2.21. The lowest BCUT2D eigenvalue weighted by atomic mass is 10.0. The first-order valence-corrected chi connectivity index (χ1v) is 8.26. The number of aromatic nitrogens is 4. The Morgan fingerprint density at radius 3 is 2.76 bits per heavy atom. The molecule has 0 spiro atoms. The van der Waals surface area contributed by atoms with Crippen molar-refractivity contribution in [2.24, 2.45) is 0 Å². The number of nitriles is 1. The second kappa shape index (κ2) is 6.02. The maximum atomic E-state index is 9.02. The molecule has 1 aliphatic rings. The number of pyridine rings is 2. The largest absolute Gasteiger partial charge is 0.352 e. The molecule has 3 aromatic heterocycles. The Hall–Kier alpha value is -3.20. The maximum Gasteiger partial charge on any atom is 0.131 e. The predicted octanol–water partition coefficient (Wildman–Crippen LogP) is 2.71. The molecule has 6 heteroatoms. The van der Waals surface area contributed by atoms with Crippen molar-refractivity contribution < 1.29 is 0 Å². The molecule has 0 amide bonds. The smallest absolute Gasteiger partial charge is 0.131 e. The molecule has 3 aromatic rings. The Morgan fingerprint density at radius 2 is 2.04 bits per heavy atom. The van der Waals surface area contributed by atoms with Gasteiger partial charge in [-0.1, -0.05) is 0 Å². The van der Waals surface area contributed by atoms with E-state index in [9.17, 15) is 0 Å². The molecule has 1 aliphatic heterocycles. The lowest BCUT2D eigenvalue weighted by Crippen LogP contribution is -2.32. The predicted molar refractivity (Wildman–Crippen MR) is 94.5 cm³/mol. The summed E-state index contributed by atoms with van der Waals surface area (Å²) < 4.78 is 1.90. The number of rotatable bonds is 2. The van der Waals surface area contributed by atoms with Crippen molar-refractivity contribution in [2.45, 2.75) is 26.8 Å². The van der Waals surface area contributed by atoms with Crippen molar-refractivity contribution >= 4 is 5.82 Å². The van der Waals surface area contributed by atoms with Crippen LogP contribution < -0.4 is 4.90 Å². The summed E-state index contributed by atoms with van der Waals surface area (Å²) in [5, 5.41) is 13.4. The Morgan fingerprint density at radius 1 is 1.16 bits per heavy atom. The van der Waals surface area contributed by atoms with Crippen LogP contribution in [0.3, 0.4) is 0 Å². The van der Waals surface area contributed by atoms with Gasteiger partial charge in [0, 0.05) is 43.3 Å². The fraction of sp³-hybridized carbons (Fsp3) is 0.263. The molecule has 0 atom stereocenters. The Bertz CT molecular complexity index is 982. The molecule has 4 heterocycles. The molecular weight excluding hydrogens is 312 g/mol. The quantitative estimate of drug-likeness (QED) is 0.722. The molecule has 0 saturated heterocycles. The average molecular weight is 330 g/mol. The van der Waals surface area contributed by atoms with Gasteiger partial charge in [-0.2, -0.15) is 10.4 Å². The van der Waals surface area contributed by atoms with Crippen LogP contribution in [0.15, 0.2) is 36.8 Å². The lowest BCUT2D eigenvalue weighted by molar-refractivity contribution is 0.696. The molecule has 0 aromatic carbocycles. The summed E-state index contributed by atoms with van der Waals surface area (Å²) in [6, 6.07) is 8.17. The van der Waals surface area contributed by atoms with Crippen molar-refractivity contribution in [3.8, 4) is 11.8 Å². The van der Waals surface area contributed by atoms with Crippen molar-refractivity contribution in [3.63, 3.8) is 0 Å². The molecule has 4 rings (SSSR count). The van der Waals surface area contributed by atoms with Gasteiger partial charge in [-0.15, -0.1) is 0 Å². The summed E-state index contributed by atoms with van der Waals surface area (Å²) in [6.07, 6.45) is 6.21. The molecule has 0 N–H and O–H groups in total. The molecule has 124 valence electrons. The fourth-order valence-corrected chi connectivity index (χ4v) is 3.31. The number of fused-ring (bicyclic) bond motifs is 1. The number of hydrogen-bond donors (Lipinski definition) is 0. The van der Waals surface area contributed by atoms with Gasteiger partial charge in [0.15, 0.2) is 0 Å². The Kier molecular flexibility index (Phi) is 3.69. The molecule has 0 radical (unpaired) electrons. The van der Waals surface area contributed by atoms with Crippen LogP contribution in [0.4, 0.5) is 5.82 Å². The van der Waals surface area contributed by atoms with Crippen LogP contribution in [0.1, 0.15) is 28.1 Å². The number of hydrogen-bond acceptors (Lipinski definition) is 5. The summed E-state index contributed by atoms with van der Waals surface area (Å²) in [4.78, 5) is 11.4. The lowest BCUT2D eigenvalue weighted by Gasteiger charge is -2.30. The van der Waals surface area contributed by atoms with Gasteiger partial charge in [-0.3, -0.25) is 4.98 Å². The zero-order chi connectivity index (χ0) is 17.4. The van der Waals surface area contributed by atoms with E-state index in [0.717, 1.165) is 48.0 Å². The summed E-state index contributed by atoms with van der Waals surface area (Å²) in [7, 11) is 0. The minimum Gasteiger partial charge on any atom is -0.352 e.